The maximum atomic E-state index is 10.7. The van der Waals surface area contributed by atoms with Crippen molar-refractivity contribution in [3.63, 3.8) is 0 Å². The highest BCUT2D eigenvalue weighted by Gasteiger charge is 2.16. The van der Waals surface area contributed by atoms with E-state index in [4.69, 9.17) is 9.63 Å². The molecule has 0 unspecified atom stereocenters. The van der Waals surface area contributed by atoms with Gasteiger partial charge in [0.1, 0.15) is 0 Å². The number of carbonyl (C=O) groups is 1. The maximum absolute atomic E-state index is 10.7. The largest absolute Gasteiger partial charge is 0.481 e. The van der Waals surface area contributed by atoms with E-state index in [1.165, 1.54) is 5.56 Å². The molecule has 0 spiro atoms. The molecule has 0 saturated carbocycles. The Morgan fingerprint density at radius 3 is 2.50 bits per heavy atom. The number of hydrogen-bond acceptors (Lipinski definition) is 3. The summed E-state index contributed by atoms with van der Waals surface area (Å²) >= 11 is 0. The van der Waals surface area contributed by atoms with Crippen molar-refractivity contribution >= 4 is 5.97 Å². The number of carboxylic acid groups (broad SMARTS) is 1. The molecule has 1 N–H and O–H groups in total. The summed E-state index contributed by atoms with van der Waals surface area (Å²) in [5.41, 5.74) is 3.84. The highest BCUT2D eigenvalue weighted by Crippen LogP contribution is 2.28. The Hall–Kier alpha value is -2.10. The van der Waals surface area contributed by atoms with Crippen LogP contribution in [0.15, 0.2) is 28.8 Å². The van der Waals surface area contributed by atoms with Crippen LogP contribution in [0, 0.1) is 6.92 Å². The first kappa shape index (κ1) is 14.3. The Balaban J connectivity index is 2.30. The molecule has 0 bridgehead atoms. The standard InChI is InChI=1S/C16H19NO3/c1-10(2)12-4-6-13(7-5-12)16-14(8-9-15(18)19)11(3)17-20-16/h4-7,10H,8-9H2,1-3H3,(H,18,19). The summed E-state index contributed by atoms with van der Waals surface area (Å²) in [6.45, 7) is 6.13. The monoisotopic (exact) mass is 273 g/mol. The summed E-state index contributed by atoms with van der Waals surface area (Å²) < 4.78 is 5.37. The fourth-order valence-corrected chi connectivity index (χ4v) is 2.16. The SMILES string of the molecule is Cc1noc(-c2ccc(C(C)C)cc2)c1CCC(=O)O. The molecule has 2 rings (SSSR count). The lowest BCUT2D eigenvalue weighted by molar-refractivity contribution is -0.136. The van der Waals surface area contributed by atoms with E-state index in [1.807, 2.05) is 19.1 Å². The average Bonchev–Trinajstić information content (AvgIpc) is 2.77. The van der Waals surface area contributed by atoms with Crippen LogP contribution < -0.4 is 0 Å². The number of benzene rings is 1. The summed E-state index contributed by atoms with van der Waals surface area (Å²) in [5, 5.41) is 12.8. The molecule has 0 atom stereocenters. The van der Waals surface area contributed by atoms with E-state index >= 15 is 0 Å². The maximum Gasteiger partial charge on any atom is 0.303 e. The number of nitrogens with zero attached hydrogens (tertiary/aromatic N) is 1. The van der Waals surface area contributed by atoms with Crippen LogP contribution in [0.1, 0.15) is 43.0 Å². The van der Waals surface area contributed by atoms with Crippen molar-refractivity contribution in [2.75, 3.05) is 0 Å². The first-order valence-electron chi connectivity index (χ1n) is 6.76. The predicted molar refractivity (Wildman–Crippen MR) is 76.7 cm³/mol. The molecule has 20 heavy (non-hydrogen) atoms. The third kappa shape index (κ3) is 3.07. The molecular weight excluding hydrogens is 254 g/mol. The first-order chi connectivity index (χ1) is 9.49. The molecule has 4 nitrogen and oxygen atoms in total. The van der Waals surface area contributed by atoms with Gasteiger partial charge in [0.2, 0.25) is 0 Å². The number of hydrogen-bond donors (Lipinski definition) is 1. The normalized spacial score (nSPS) is 11.0. The van der Waals surface area contributed by atoms with Gasteiger partial charge < -0.3 is 9.63 Å². The zero-order valence-corrected chi connectivity index (χ0v) is 12.0. The molecule has 0 aliphatic heterocycles. The van der Waals surface area contributed by atoms with Crippen LogP contribution in [0.2, 0.25) is 0 Å². The van der Waals surface area contributed by atoms with E-state index in [9.17, 15) is 4.79 Å². The Kier molecular flexibility index (Phi) is 4.23. The van der Waals surface area contributed by atoms with Crippen LogP contribution in [0.3, 0.4) is 0 Å². The van der Waals surface area contributed by atoms with E-state index in [2.05, 4.69) is 31.1 Å². The van der Waals surface area contributed by atoms with Crippen molar-refractivity contribution in [2.45, 2.75) is 39.5 Å². The van der Waals surface area contributed by atoms with Crippen molar-refractivity contribution in [3.05, 3.63) is 41.1 Å². The lowest BCUT2D eigenvalue weighted by Crippen LogP contribution is -1.99. The molecule has 1 aromatic heterocycles. The smallest absolute Gasteiger partial charge is 0.303 e. The molecular formula is C16H19NO3. The van der Waals surface area contributed by atoms with Crippen LogP contribution in [-0.4, -0.2) is 16.2 Å². The first-order valence-corrected chi connectivity index (χ1v) is 6.76. The molecule has 0 saturated heterocycles. The molecule has 0 amide bonds. The minimum atomic E-state index is -0.813. The van der Waals surface area contributed by atoms with Gasteiger partial charge in [-0.3, -0.25) is 4.79 Å². The third-order valence-electron chi connectivity index (χ3n) is 3.41. The number of rotatable bonds is 5. The molecule has 4 heteroatoms. The molecule has 0 radical (unpaired) electrons. The molecule has 2 aromatic rings. The van der Waals surface area contributed by atoms with Crippen LogP contribution in [0.25, 0.3) is 11.3 Å². The fourth-order valence-electron chi connectivity index (χ4n) is 2.16. The second-order valence-electron chi connectivity index (χ2n) is 5.25. The highest BCUT2D eigenvalue weighted by atomic mass is 16.5. The van der Waals surface area contributed by atoms with E-state index in [0.717, 1.165) is 16.8 Å². The van der Waals surface area contributed by atoms with Gasteiger partial charge in [0.05, 0.1) is 5.69 Å². The van der Waals surface area contributed by atoms with Crippen molar-refractivity contribution < 1.29 is 14.4 Å². The molecule has 0 fully saturated rings. The van der Waals surface area contributed by atoms with Crippen molar-refractivity contribution in [3.8, 4) is 11.3 Å². The van der Waals surface area contributed by atoms with Crippen LogP contribution in [0.4, 0.5) is 0 Å². The van der Waals surface area contributed by atoms with E-state index in [0.29, 0.717) is 18.1 Å². The highest BCUT2D eigenvalue weighted by molar-refractivity contribution is 5.68. The summed E-state index contributed by atoms with van der Waals surface area (Å²) in [4.78, 5) is 10.7. The van der Waals surface area contributed by atoms with Gasteiger partial charge in [0.15, 0.2) is 5.76 Å². The summed E-state index contributed by atoms with van der Waals surface area (Å²) in [7, 11) is 0. The lowest BCUT2D eigenvalue weighted by atomic mass is 9.98. The summed E-state index contributed by atoms with van der Waals surface area (Å²) in [6, 6.07) is 8.14. The second kappa shape index (κ2) is 5.90. The quantitative estimate of drug-likeness (QED) is 0.900. The van der Waals surface area contributed by atoms with E-state index in [1.54, 1.807) is 0 Å². The van der Waals surface area contributed by atoms with Crippen LogP contribution in [-0.2, 0) is 11.2 Å². The van der Waals surface area contributed by atoms with Crippen LogP contribution >= 0.6 is 0 Å². The van der Waals surface area contributed by atoms with Gasteiger partial charge in [-0.2, -0.15) is 0 Å². The van der Waals surface area contributed by atoms with Gasteiger partial charge in [0, 0.05) is 17.5 Å². The fraction of sp³-hybridized carbons (Fsp3) is 0.375. The lowest BCUT2D eigenvalue weighted by Gasteiger charge is -2.06. The Labute approximate surface area is 118 Å². The predicted octanol–water partition coefficient (Wildman–Crippen LogP) is 3.79. The van der Waals surface area contributed by atoms with Gasteiger partial charge in [-0.25, -0.2) is 0 Å². The molecule has 106 valence electrons. The molecule has 1 heterocycles. The number of carboxylic acids is 1. The topological polar surface area (TPSA) is 63.3 Å². The third-order valence-corrected chi connectivity index (χ3v) is 3.41. The molecule has 0 aliphatic carbocycles. The average molecular weight is 273 g/mol. The van der Waals surface area contributed by atoms with Crippen LogP contribution in [0.5, 0.6) is 0 Å². The van der Waals surface area contributed by atoms with Crippen molar-refractivity contribution in [1.82, 2.24) is 5.16 Å². The Bertz CT molecular complexity index is 597. The minimum Gasteiger partial charge on any atom is -0.481 e. The van der Waals surface area contributed by atoms with Gasteiger partial charge in [-0.15, -0.1) is 0 Å². The second-order valence-corrected chi connectivity index (χ2v) is 5.25. The van der Waals surface area contributed by atoms with E-state index in [-0.39, 0.29) is 6.42 Å². The van der Waals surface area contributed by atoms with Gasteiger partial charge in [-0.1, -0.05) is 43.3 Å². The minimum absolute atomic E-state index is 0.0825. The van der Waals surface area contributed by atoms with Gasteiger partial charge >= 0.3 is 5.97 Å². The van der Waals surface area contributed by atoms with Gasteiger partial charge in [-0.05, 0) is 24.8 Å². The summed E-state index contributed by atoms with van der Waals surface area (Å²) in [5.74, 6) is 0.345. The summed E-state index contributed by atoms with van der Waals surface area (Å²) in [6.07, 6.45) is 0.519. The molecule has 0 aliphatic rings. The van der Waals surface area contributed by atoms with Crippen molar-refractivity contribution in [1.29, 1.82) is 0 Å². The van der Waals surface area contributed by atoms with E-state index < -0.39 is 5.97 Å². The Morgan fingerprint density at radius 1 is 1.30 bits per heavy atom. The number of aliphatic carboxylic acids is 1. The molecule has 1 aromatic carbocycles. The number of aromatic nitrogens is 1. The van der Waals surface area contributed by atoms with Crippen molar-refractivity contribution in [2.24, 2.45) is 0 Å². The number of aryl methyl sites for hydroxylation is 1. The Morgan fingerprint density at radius 2 is 1.95 bits per heavy atom. The zero-order valence-electron chi connectivity index (χ0n) is 12.0. The zero-order chi connectivity index (χ0) is 14.7. The van der Waals surface area contributed by atoms with Gasteiger partial charge in [0.25, 0.3) is 0 Å².